The van der Waals surface area contributed by atoms with Gasteiger partial charge in [-0.15, -0.1) is 0 Å². The largest absolute Gasteiger partial charge is 0.361 e. The molecule has 0 saturated carbocycles. The quantitative estimate of drug-likeness (QED) is 0.863. The zero-order valence-corrected chi connectivity index (χ0v) is 11.0. The summed E-state index contributed by atoms with van der Waals surface area (Å²) in [6.45, 7) is 7.96. The van der Waals surface area contributed by atoms with Gasteiger partial charge in [-0.05, 0) is 31.0 Å². The van der Waals surface area contributed by atoms with E-state index >= 15 is 0 Å². The van der Waals surface area contributed by atoms with Crippen molar-refractivity contribution in [3.05, 3.63) is 35.5 Å². The van der Waals surface area contributed by atoms with Crippen molar-refractivity contribution in [1.82, 2.24) is 15.2 Å². The lowest BCUT2D eigenvalue weighted by Gasteiger charge is -2.26. The van der Waals surface area contributed by atoms with Gasteiger partial charge < -0.3 is 15.2 Å². The van der Waals surface area contributed by atoms with E-state index in [4.69, 9.17) is 0 Å². The van der Waals surface area contributed by atoms with Gasteiger partial charge in [-0.3, -0.25) is 0 Å². The number of benzene rings is 1. The van der Waals surface area contributed by atoms with E-state index in [2.05, 4.69) is 46.5 Å². The number of aryl methyl sites for hydroxylation is 1. The number of aromatic amines is 1. The predicted molar refractivity (Wildman–Crippen MR) is 76.0 cm³/mol. The average molecular weight is 243 g/mol. The molecule has 3 rings (SSSR count). The van der Waals surface area contributed by atoms with Crippen LogP contribution in [0.15, 0.2) is 24.4 Å². The van der Waals surface area contributed by atoms with Gasteiger partial charge in [0.2, 0.25) is 0 Å². The van der Waals surface area contributed by atoms with Crippen molar-refractivity contribution in [2.75, 3.05) is 32.7 Å². The molecule has 0 spiro atoms. The smallest absolute Gasteiger partial charge is 0.0456 e. The topological polar surface area (TPSA) is 31.1 Å². The molecule has 1 aliphatic rings. The Bertz CT molecular complexity index is 524. The third kappa shape index (κ3) is 2.42. The summed E-state index contributed by atoms with van der Waals surface area (Å²) in [4.78, 5) is 5.92. The second-order valence-corrected chi connectivity index (χ2v) is 5.20. The molecule has 0 amide bonds. The Morgan fingerprint density at radius 2 is 2.06 bits per heavy atom. The minimum Gasteiger partial charge on any atom is -0.361 e. The van der Waals surface area contributed by atoms with Crippen molar-refractivity contribution >= 4 is 10.9 Å². The maximum atomic E-state index is 3.40. The summed E-state index contributed by atoms with van der Waals surface area (Å²) in [6, 6.07) is 6.64. The molecule has 2 heterocycles. The molecule has 3 heteroatoms. The van der Waals surface area contributed by atoms with Gasteiger partial charge in [-0.25, -0.2) is 0 Å². The van der Waals surface area contributed by atoms with Crippen LogP contribution in [0.2, 0.25) is 0 Å². The Balaban J connectivity index is 1.72. The molecule has 96 valence electrons. The molecule has 0 aliphatic carbocycles. The summed E-state index contributed by atoms with van der Waals surface area (Å²) in [5.41, 5.74) is 4.05. The highest BCUT2D eigenvalue weighted by Crippen LogP contribution is 2.20. The monoisotopic (exact) mass is 243 g/mol. The molecule has 1 aromatic heterocycles. The maximum absolute atomic E-state index is 3.40. The summed E-state index contributed by atoms with van der Waals surface area (Å²) >= 11 is 0. The molecule has 0 atom stereocenters. The van der Waals surface area contributed by atoms with Crippen molar-refractivity contribution in [3.8, 4) is 0 Å². The third-order valence-corrected chi connectivity index (χ3v) is 3.83. The summed E-state index contributed by atoms with van der Waals surface area (Å²) in [5, 5.41) is 4.79. The van der Waals surface area contributed by atoms with Gasteiger partial charge in [0.15, 0.2) is 0 Å². The van der Waals surface area contributed by atoms with Crippen molar-refractivity contribution in [1.29, 1.82) is 0 Å². The lowest BCUT2D eigenvalue weighted by atomic mass is 10.1. The number of hydrogen-bond acceptors (Lipinski definition) is 2. The molecular formula is C15H21N3. The standard InChI is InChI=1S/C15H21N3/c1-12-2-3-15-14(10-12)13(11-17-15)4-7-18-8-5-16-6-9-18/h2-3,10-11,16-17H,4-9H2,1H3. The van der Waals surface area contributed by atoms with Crippen molar-refractivity contribution in [3.63, 3.8) is 0 Å². The molecule has 1 saturated heterocycles. The number of nitrogens with zero attached hydrogens (tertiary/aromatic N) is 1. The van der Waals surface area contributed by atoms with Gasteiger partial charge in [-0.2, -0.15) is 0 Å². The number of nitrogens with one attached hydrogen (secondary N) is 2. The Morgan fingerprint density at radius 3 is 2.89 bits per heavy atom. The number of aromatic nitrogens is 1. The summed E-state index contributed by atoms with van der Waals surface area (Å²) < 4.78 is 0. The molecule has 0 unspecified atom stereocenters. The van der Waals surface area contributed by atoms with Gasteiger partial charge in [0.05, 0.1) is 0 Å². The summed E-state index contributed by atoms with van der Waals surface area (Å²) in [7, 11) is 0. The van der Waals surface area contributed by atoms with Crippen LogP contribution in [-0.4, -0.2) is 42.6 Å². The van der Waals surface area contributed by atoms with Gasteiger partial charge in [0, 0.05) is 49.8 Å². The number of rotatable bonds is 3. The highest BCUT2D eigenvalue weighted by Gasteiger charge is 2.10. The zero-order valence-electron chi connectivity index (χ0n) is 11.0. The first-order valence-electron chi connectivity index (χ1n) is 6.82. The number of hydrogen-bond donors (Lipinski definition) is 2. The Morgan fingerprint density at radius 1 is 1.22 bits per heavy atom. The molecule has 2 N–H and O–H groups in total. The van der Waals surface area contributed by atoms with Crippen LogP contribution in [0, 0.1) is 6.92 Å². The number of piperazine rings is 1. The highest BCUT2D eigenvalue weighted by molar-refractivity contribution is 5.83. The molecule has 1 aliphatic heterocycles. The van der Waals surface area contributed by atoms with E-state index in [0.29, 0.717) is 0 Å². The van der Waals surface area contributed by atoms with Crippen LogP contribution in [0.4, 0.5) is 0 Å². The van der Waals surface area contributed by atoms with E-state index in [-0.39, 0.29) is 0 Å². The van der Waals surface area contributed by atoms with Crippen molar-refractivity contribution in [2.45, 2.75) is 13.3 Å². The summed E-state index contributed by atoms with van der Waals surface area (Å²) in [5.74, 6) is 0. The Hall–Kier alpha value is -1.32. The second kappa shape index (κ2) is 5.12. The van der Waals surface area contributed by atoms with Gasteiger partial charge >= 0.3 is 0 Å². The molecule has 18 heavy (non-hydrogen) atoms. The normalized spacial score (nSPS) is 17.4. The lowest BCUT2D eigenvalue weighted by Crippen LogP contribution is -2.44. The first kappa shape index (κ1) is 11.8. The molecule has 0 radical (unpaired) electrons. The lowest BCUT2D eigenvalue weighted by molar-refractivity contribution is 0.244. The molecule has 1 fully saturated rings. The van der Waals surface area contributed by atoms with Crippen molar-refractivity contribution < 1.29 is 0 Å². The van der Waals surface area contributed by atoms with Gasteiger partial charge in [-0.1, -0.05) is 11.6 Å². The molecule has 1 aromatic carbocycles. The molecule has 3 nitrogen and oxygen atoms in total. The molecule has 0 bridgehead atoms. The second-order valence-electron chi connectivity index (χ2n) is 5.20. The molecule has 2 aromatic rings. The van der Waals surface area contributed by atoms with Crippen LogP contribution in [0.3, 0.4) is 0 Å². The van der Waals surface area contributed by atoms with Crippen LogP contribution in [0.5, 0.6) is 0 Å². The average Bonchev–Trinajstić information content (AvgIpc) is 2.80. The maximum Gasteiger partial charge on any atom is 0.0456 e. The van der Waals surface area contributed by atoms with E-state index in [1.807, 2.05) is 0 Å². The predicted octanol–water partition coefficient (Wildman–Crippen LogP) is 1.92. The van der Waals surface area contributed by atoms with Crippen LogP contribution >= 0.6 is 0 Å². The first-order chi connectivity index (χ1) is 8.83. The van der Waals surface area contributed by atoms with E-state index in [1.54, 1.807) is 0 Å². The Labute approximate surface area is 108 Å². The van der Waals surface area contributed by atoms with Crippen LogP contribution in [0.1, 0.15) is 11.1 Å². The highest BCUT2D eigenvalue weighted by atomic mass is 15.2. The van der Waals surface area contributed by atoms with Crippen molar-refractivity contribution in [2.24, 2.45) is 0 Å². The van der Waals surface area contributed by atoms with Crippen LogP contribution in [0.25, 0.3) is 10.9 Å². The van der Waals surface area contributed by atoms with E-state index < -0.39 is 0 Å². The van der Waals surface area contributed by atoms with E-state index in [0.717, 1.165) is 19.5 Å². The number of H-pyrrole nitrogens is 1. The fourth-order valence-electron chi connectivity index (χ4n) is 2.71. The Kier molecular flexibility index (Phi) is 3.35. The SMILES string of the molecule is Cc1ccc2[nH]cc(CCN3CCNCC3)c2c1. The minimum absolute atomic E-state index is 1.13. The first-order valence-corrected chi connectivity index (χ1v) is 6.82. The van der Waals surface area contributed by atoms with Crippen LogP contribution < -0.4 is 5.32 Å². The number of fused-ring (bicyclic) bond motifs is 1. The fourth-order valence-corrected chi connectivity index (χ4v) is 2.71. The third-order valence-electron chi connectivity index (χ3n) is 3.83. The van der Waals surface area contributed by atoms with Gasteiger partial charge in [0.25, 0.3) is 0 Å². The van der Waals surface area contributed by atoms with Crippen LogP contribution in [-0.2, 0) is 6.42 Å². The fraction of sp³-hybridized carbons (Fsp3) is 0.467. The zero-order chi connectivity index (χ0) is 12.4. The molecular weight excluding hydrogens is 222 g/mol. The summed E-state index contributed by atoms with van der Waals surface area (Å²) in [6.07, 6.45) is 3.32. The van der Waals surface area contributed by atoms with Gasteiger partial charge in [0.1, 0.15) is 0 Å². The minimum atomic E-state index is 1.13. The van der Waals surface area contributed by atoms with E-state index in [9.17, 15) is 0 Å². The van der Waals surface area contributed by atoms with E-state index in [1.165, 1.54) is 41.7 Å².